The molecule has 0 aromatic rings. The fourth-order valence-electron chi connectivity index (χ4n) is 0.227. The molecule has 6 heavy (non-hydrogen) atoms. The summed E-state index contributed by atoms with van der Waals surface area (Å²) in [6.45, 7) is 0.559. The molecule has 0 aliphatic carbocycles. The van der Waals surface area contributed by atoms with Crippen molar-refractivity contribution in [2.45, 2.75) is 0 Å². The minimum Gasteiger partial charge on any atom is -0.468 e. The molecule has 0 aromatic heterocycles. The fourth-order valence-corrected chi connectivity index (χ4v) is 0.227. The summed E-state index contributed by atoms with van der Waals surface area (Å²) in [5, 5.41) is 6.90. The van der Waals surface area contributed by atoms with Gasteiger partial charge in [0.2, 0.25) is 11.5 Å². The predicted octanol–water partition coefficient (Wildman–Crippen LogP) is -0.633. The van der Waals surface area contributed by atoms with Crippen LogP contribution in [0.5, 0.6) is 0 Å². The Kier molecular flexibility index (Phi) is 0.859. The molecule has 0 atom stereocenters. The lowest BCUT2D eigenvalue weighted by Gasteiger charge is -1.83. The minimum absolute atomic E-state index is 0.559. The second-order valence-corrected chi connectivity index (χ2v) is 0.852. The van der Waals surface area contributed by atoms with Crippen molar-refractivity contribution in [1.29, 1.82) is 0 Å². The Hall–Kier alpha value is -0.860. The average Bonchev–Trinajstić information content (AvgIpc) is 1.72. The van der Waals surface area contributed by atoms with E-state index < -0.39 is 0 Å². The number of hydrogen-bond acceptors (Lipinski definition) is 3. The second kappa shape index (κ2) is 1.55. The molecule has 1 radical (unpaired) electrons. The van der Waals surface area contributed by atoms with Crippen LogP contribution >= 0.6 is 0 Å². The Labute approximate surface area is 35.3 Å². The number of nitrogens with zero attached hydrogens (tertiary/aromatic N) is 2. The zero-order chi connectivity index (χ0) is 4.24. The van der Waals surface area contributed by atoms with Gasteiger partial charge in [-0.3, -0.25) is 0 Å². The maximum Gasteiger partial charge on any atom is 0.292 e. The first-order valence-electron chi connectivity index (χ1n) is 1.65. The molecule has 1 aliphatic rings. The summed E-state index contributed by atoms with van der Waals surface area (Å²) >= 11 is 0. The van der Waals surface area contributed by atoms with Crippen LogP contribution < -0.4 is 5.10 Å². The van der Waals surface area contributed by atoms with E-state index in [-0.39, 0.29) is 0 Å². The summed E-state index contributed by atoms with van der Waals surface area (Å²) in [5.41, 5.74) is 0. The lowest BCUT2D eigenvalue weighted by atomic mass is 10.8. The van der Waals surface area contributed by atoms with Crippen molar-refractivity contribution in [2.75, 3.05) is 6.61 Å². The molecule has 0 amide bonds. The Balaban J connectivity index is 2.46. The van der Waals surface area contributed by atoms with Gasteiger partial charge < -0.3 is 4.74 Å². The third-order valence-electron chi connectivity index (χ3n) is 0.441. The van der Waals surface area contributed by atoms with Crippen LogP contribution in [0.25, 0.3) is 0 Å². The number of hydrogen-bond donors (Lipinski definition) is 0. The van der Waals surface area contributed by atoms with Crippen molar-refractivity contribution < 1.29 is 4.74 Å². The van der Waals surface area contributed by atoms with Crippen molar-refractivity contribution >= 4 is 12.6 Å². The van der Waals surface area contributed by atoms with Gasteiger partial charge in [0.25, 0.3) is 6.21 Å². The van der Waals surface area contributed by atoms with Crippen LogP contribution in [0.15, 0.2) is 5.10 Å². The Bertz CT molecular complexity index is 74.8. The average molecular weight is 84.1 g/mol. The minimum atomic E-state index is 0.559. The van der Waals surface area contributed by atoms with E-state index in [1.165, 1.54) is 6.40 Å². The summed E-state index contributed by atoms with van der Waals surface area (Å²) in [6, 6.07) is 0. The van der Waals surface area contributed by atoms with E-state index in [1.807, 2.05) is 0 Å². The molecule has 0 bridgehead atoms. The maximum absolute atomic E-state index is 4.63. The van der Waals surface area contributed by atoms with Crippen LogP contribution in [0.3, 0.4) is 0 Å². The van der Waals surface area contributed by atoms with Gasteiger partial charge in [-0.2, -0.15) is 0 Å². The van der Waals surface area contributed by atoms with E-state index in [9.17, 15) is 0 Å². The van der Waals surface area contributed by atoms with E-state index in [0.29, 0.717) is 6.61 Å². The molecular formula is C3H4N2O+. The van der Waals surface area contributed by atoms with E-state index in [2.05, 4.69) is 14.9 Å². The first-order chi connectivity index (χ1) is 3.00. The molecule has 1 aliphatic heterocycles. The number of rotatable bonds is 0. The topological polar surface area (TPSA) is 35.7 Å². The normalized spacial score (nSPS) is 17.3. The van der Waals surface area contributed by atoms with Gasteiger partial charge in [-0.25, -0.2) is 0 Å². The molecular weight excluding hydrogens is 80.0 g/mol. The molecule has 3 heteroatoms. The summed E-state index contributed by atoms with van der Waals surface area (Å²) in [7, 11) is 0. The van der Waals surface area contributed by atoms with Crippen LogP contribution in [0, 0.1) is 0 Å². The number of ether oxygens (including phenoxy) is 1. The highest BCUT2D eigenvalue weighted by Gasteiger charge is 1.92. The molecule has 0 fully saturated rings. The van der Waals surface area contributed by atoms with Gasteiger partial charge in [0, 0.05) is 0 Å². The highest BCUT2D eigenvalue weighted by atomic mass is 16.5. The van der Waals surface area contributed by atoms with Gasteiger partial charge in [0.1, 0.15) is 5.10 Å². The predicted molar refractivity (Wildman–Crippen MR) is 22.6 cm³/mol. The molecule has 1 rings (SSSR count). The second-order valence-electron chi connectivity index (χ2n) is 0.852. The molecule has 0 saturated carbocycles. The zero-order valence-electron chi connectivity index (χ0n) is 3.16. The van der Waals surface area contributed by atoms with Crippen LogP contribution in [0.1, 0.15) is 0 Å². The van der Waals surface area contributed by atoms with Crippen molar-refractivity contribution in [3.63, 3.8) is 0 Å². The van der Waals surface area contributed by atoms with Gasteiger partial charge in [0.05, 0.1) is 0 Å². The molecule has 31 valence electrons. The summed E-state index contributed by atoms with van der Waals surface area (Å²) in [4.78, 5) is 0. The van der Waals surface area contributed by atoms with Crippen molar-refractivity contribution in [2.24, 2.45) is 5.10 Å². The lowest BCUT2D eigenvalue weighted by molar-refractivity contribution is 0.375. The summed E-state index contributed by atoms with van der Waals surface area (Å²) < 4.78 is 4.63. The van der Waals surface area contributed by atoms with E-state index in [4.69, 9.17) is 0 Å². The largest absolute Gasteiger partial charge is 0.468 e. The lowest BCUT2D eigenvalue weighted by Crippen LogP contribution is -2.02. The molecule has 0 N–H and O–H groups in total. The van der Waals surface area contributed by atoms with Crippen molar-refractivity contribution in [3.8, 4) is 0 Å². The molecule has 3 nitrogen and oxygen atoms in total. The van der Waals surface area contributed by atoms with Gasteiger partial charge in [-0.15, -0.1) is 0 Å². The molecule has 0 spiro atoms. The monoisotopic (exact) mass is 84.0 g/mol. The highest BCUT2D eigenvalue weighted by molar-refractivity contribution is 5.63. The molecule has 1 heterocycles. The van der Waals surface area contributed by atoms with E-state index in [1.54, 1.807) is 6.21 Å². The van der Waals surface area contributed by atoms with Crippen LogP contribution in [0.4, 0.5) is 0 Å². The van der Waals surface area contributed by atoms with Gasteiger partial charge in [-0.1, -0.05) is 0 Å². The third-order valence-corrected chi connectivity index (χ3v) is 0.441. The molecule has 0 aromatic carbocycles. The zero-order valence-corrected chi connectivity index (χ0v) is 3.16. The Morgan fingerprint density at radius 2 is 2.83 bits per heavy atom. The maximum atomic E-state index is 4.63. The van der Waals surface area contributed by atoms with Gasteiger partial charge in [-0.05, 0) is 0 Å². The van der Waals surface area contributed by atoms with Gasteiger partial charge in [0.15, 0.2) is 6.61 Å². The van der Waals surface area contributed by atoms with Crippen molar-refractivity contribution in [3.05, 3.63) is 0 Å². The molecule has 0 unspecified atom stereocenters. The van der Waals surface area contributed by atoms with Crippen LogP contribution in [-0.4, -0.2) is 19.2 Å². The first kappa shape index (κ1) is 3.33. The van der Waals surface area contributed by atoms with Crippen LogP contribution in [-0.2, 0) is 4.74 Å². The summed E-state index contributed by atoms with van der Waals surface area (Å²) in [6.07, 6.45) is 2.92. The fraction of sp³-hybridized carbons (Fsp3) is 0.333. The Morgan fingerprint density at radius 1 is 1.83 bits per heavy atom. The SMILES string of the molecule is C1=N[N+]=CCO1. The first-order valence-corrected chi connectivity index (χ1v) is 1.65. The van der Waals surface area contributed by atoms with Gasteiger partial charge >= 0.3 is 0 Å². The Morgan fingerprint density at radius 3 is 3.00 bits per heavy atom. The summed E-state index contributed by atoms with van der Waals surface area (Å²) in [5.74, 6) is 0. The highest BCUT2D eigenvalue weighted by Crippen LogP contribution is 1.66. The van der Waals surface area contributed by atoms with Crippen LogP contribution in [0.2, 0.25) is 0 Å². The molecule has 0 saturated heterocycles. The quantitative estimate of drug-likeness (QED) is 0.384. The van der Waals surface area contributed by atoms with E-state index in [0.717, 1.165) is 0 Å². The van der Waals surface area contributed by atoms with Crippen molar-refractivity contribution in [1.82, 2.24) is 5.10 Å². The standard InChI is InChI=1S/C3H4N2O/c1-2-6-3-5-4-1/h1,3H,2H2/q+1. The smallest absolute Gasteiger partial charge is 0.292 e. The third kappa shape index (κ3) is 0.544. The van der Waals surface area contributed by atoms with E-state index >= 15 is 0 Å².